The van der Waals surface area contributed by atoms with Gasteiger partial charge in [-0.2, -0.15) is 0 Å². The first kappa shape index (κ1) is 16.9. The van der Waals surface area contributed by atoms with Crippen LogP contribution in [0.3, 0.4) is 0 Å². The molecule has 1 saturated heterocycles. The largest absolute Gasteiger partial charge is 0.325 e. The van der Waals surface area contributed by atoms with Crippen molar-refractivity contribution in [3.63, 3.8) is 0 Å². The highest BCUT2D eigenvalue weighted by atomic mass is 16.2. The molecule has 2 fully saturated rings. The summed E-state index contributed by atoms with van der Waals surface area (Å²) in [5, 5.41) is 2.96. The fourth-order valence-corrected chi connectivity index (χ4v) is 5.03. The Bertz CT molecular complexity index is 985. The van der Waals surface area contributed by atoms with E-state index >= 15 is 0 Å². The second-order valence-corrected chi connectivity index (χ2v) is 7.77. The van der Waals surface area contributed by atoms with E-state index in [1.54, 1.807) is 12.1 Å². The molecule has 0 radical (unpaired) electrons. The summed E-state index contributed by atoms with van der Waals surface area (Å²) >= 11 is 0. The van der Waals surface area contributed by atoms with Gasteiger partial charge in [0.25, 0.3) is 0 Å². The standard InChI is InChI=1S/C23H20N2O3/c26-20-18-15-11-13-23(14-12-15,22(28)24-16-7-3-1-4-8-16)19(18)21(27)25(20)17-9-5-2-6-10-17/h1-11,13,15,18-19H,12,14H2,(H,24,28)/t15-,18+,19+,23+/m0/s1. The number of imide groups is 1. The first-order chi connectivity index (χ1) is 13.6. The van der Waals surface area contributed by atoms with Crippen LogP contribution in [-0.4, -0.2) is 17.7 Å². The summed E-state index contributed by atoms with van der Waals surface area (Å²) in [7, 11) is 0. The second-order valence-electron chi connectivity index (χ2n) is 7.77. The highest BCUT2D eigenvalue weighted by Crippen LogP contribution is 2.57. The van der Waals surface area contributed by atoms with Gasteiger partial charge in [-0.25, -0.2) is 4.90 Å². The molecule has 3 aliphatic carbocycles. The van der Waals surface area contributed by atoms with Crippen molar-refractivity contribution in [3.8, 4) is 0 Å². The summed E-state index contributed by atoms with van der Waals surface area (Å²) in [6.07, 6.45) is 5.16. The number of anilines is 2. The van der Waals surface area contributed by atoms with Crippen LogP contribution in [0.4, 0.5) is 11.4 Å². The van der Waals surface area contributed by atoms with Gasteiger partial charge in [-0.15, -0.1) is 0 Å². The van der Waals surface area contributed by atoms with Crippen molar-refractivity contribution in [2.45, 2.75) is 12.8 Å². The number of carbonyl (C=O) groups is 3. The number of para-hydroxylation sites is 2. The van der Waals surface area contributed by atoms with Crippen LogP contribution >= 0.6 is 0 Å². The first-order valence-corrected chi connectivity index (χ1v) is 9.60. The van der Waals surface area contributed by atoms with Crippen LogP contribution in [0.2, 0.25) is 0 Å². The molecule has 1 saturated carbocycles. The molecule has 0 unspecified atom stereocenters. The highest BCUT2D eigenvalue weighted by Gasteiger charge is 2.65. The fourth-order valence-electron chi connectivity index (χ4n) is 5.03. The van der Waals surface area contributed by atoms with Crippen molar-refractivity contribution in [2.75, 3.05) is 10.2 Å². The van der Waals surface area contributed by atoms with Crippen molar-refractivity contribution in [1.29, 1.82) is 0 Å². The summed E-state index contributed by atoms with van der Waals surface area (Å²) in [5.41, 5.74) is 0.284. The van der Waals surface area contributed by atoms with Gasteiger partial charge in [0.1, 0.15) is 0 Å². The zero-order valence-corrected chi connectivity index (χ0v) is 15.2. The molecule has 140 valence electrons. The van der Waals surface area contributed by atoms with Gasteiger partial charge >= 0.3 is 0 Å². The Hall–Kier alpha value is -3.21. The number of rotatable bonds is 3. The fraction of sp³-hybridized carbons (Fsp3) is 0.261. The molecule has 2 aromatic rings. The molecule has 1 heterocycles. The van der Waals surface area contributed by atoms with Crippen LogP contribution in [0.5, 0.6) is 0 Å². The summed E-state index contributed by atoms with van der Waals surface area (Å²) in [6, 6.07) is 18.2. The molecule has 28 heavy (non-hydrogen) atoms. The lowest BCUT2D eigenvalue weighted by atomic mass is 9.54. The number of amides is 3. The Morgan fingerprint density at radius 3 is 2.29 bits per heavy atom. The lowest BCUT2D eigenvalue weighted by Crippen LogP contribution is -2.53. The molecule has 4 aliphatic rings. The Morgan fingerprint density at radius 2 is 1.64 bits per heavy atom. The van der Waals surface area contributed by atoms with Gasteiger partial charge in [0.15, 0.2) is 0 Å². The Labute approximate surface area is 163 Å². The second kappa shape index (κ2) is 6.16. The average Bonchev–Trinajstić information content (AvgIpc) is 3.03. The van der Waals surface area contributed by atoms with Crippen LogP contribution in [0, 0.1) is 23.2 Å². The van der Waals surface area contributed by atoms with Crippen LogP contribution in [0.1, 0.15) is 12.8 Å². The third kappa shape index (κ3) is 2.29. The smallest absolute Gasteiger partial charge is 0.239 e. The molecule has 4 atom stereocenters. The summed E-state index contributed by atoms with van der Waals surface area (Å²) in [6.45, 7) is 0. The maximum atomic E-state index is 13.4. The lowest BCUT2D eigenvalue weighted by Gasteiger charge is -2.46. The number of hydrogen-bond acceptors (Lipinski definition) is 3. The minimum atomic E-state index is -0.981. The third-order valence-corrected chi connectivity index (χ3v) is 6.37. The minimum absolute atomic E-state index is 0.0153. The normalized spacial score (nSPS) is 30.4. The van der Waals surface area contributed by atoms with Gasteiger partial charge < -0.3 is 5.32 Å². The molecule has 0 aromatic heterocycles. The maximum absolute atomic E-state index is 13.4. The zero-order chi connectivity index (χ0) is 19.3. The Balaban J connectivity index is 1.54. The number of nitrogens with zero attached hydrogens (tertiary/aromatic N) is 1. The number of allylic oxidation sites excluding steroid dienone is 1. The van der Waals surface area contributed by atoms with Crippen LogP contribution in [0.25, 0.3) is 0 Å². The van der Waals surface area contributed by atoms with Crippen molar-refractivity contribution >= 4 is 29.1 Å². The first-order valence-electron chi connectivity index (χ1n) is 9.60. The van der Waals surface area contributed by atoms with Crippen molar-refractivity contribution in [1.82, 2.24) is 0 Å². The van der Waals surface area contributed by atoms with E-state index in [1.807, 2.05) is 60.7 Å². The number of carbonyl (C=O) groups excluding carboxylic acids is 3. The van der Waals surface area contributed by atoms with E-state index in [9.17, 15) is 14.4 Å². The molecule has 5 nitrogen and oxygen atoms in total. The molecule has 2 bridgehead atoms. The van der Waals surface area contributed by atoms with E-state index in [1.165, 1.54) is 4.90 Å². The van der Waals surface area contributed by atoms with Gasteiger partial charge in [0.2, 0.25) is 17.7 Å². The molecule has 2 aromatic carbocycles. The van der Waals surface area contributed by atoms with Crippen molar-refractivity contribution in [3.05, 3.63) is 72.8 Å². The predicted octanol–water partition coefficient (Wildman–Crippen LogP) is 3.40. The van der Waals surface area contributed by atoms with Gasteiger partial charge in [0, 0.05) is 5.69 Å². The zero-order valence-electron chi connectivity index (χ0n) is 15.2. The van der Waals surface area contributed by atoms with Gasteiger partial charge in [-0.05, 0) is 43.0 Å². The highest BCUT2D eigenvalue weighted by molar-refractivity contribution is 6.24. The van der Waals surface area contributed by atoms with E-state index in [2.05, 4.69) is 5.32 Å². The third-order valence-electron chi connectivity index (χ3n) is 6.37. The monoisotopic (exact) mass is 372 g/mol. The molecule has 1 N–H and O–H groups in total. The molecule has 0 spiro atoms. The van der Waals surface area contributed by atoms with Crippen LogP contribution in [-0.2, 0) is 14.4 Å². The topological polar surface area (TPSA) is 66.5 Å². The van der Waals surface area contributed by atoms with E-state index in [0.717, 1.165) is 6.42 Å². The van der Waals surface area contributed by atoms with Crippen LogP contribution < -0.4 is 10.2 Å². The van der Waals surface area contributed by atoms with Crippen LogP contribution in [0.15, 0.2) is 72.8 Å². The summed E-state index contributed by atoms with van der Waals surface area (Å²) in [4.78, 5) is 41.2. The number of nitrogens with one attached hydrogen (secondary N) is 1. The average molecular weight is 372 g/mol. The Morgan fingerprint density at radius 1 is 0.964 bits per heavy atom. The number of benzene rings is 2. The maximum Gasteiger partial charge on any atom is 0.239 e. The van der Waals surface area contributed by atoms with Crippen molar-refractivity contribution in [2.24, 2.45) is 23.2 Å². The Kier molecular flexibility index (Phi) is 3.72. The quantitative estimate of drug-likeness (QED) is 0.663. The summed E-state index contributed by atoms with van der Waals surface area (Å²) < 4.78 is 0. The van der Waals surface area contributed by atoms with E-state index in [-0.39, 0.29) is 23.6 Å². The van der Waals surface area contributed by atoms with E-state index in [4.69, 9.17) is 0 Å². The van der Waals surface area contributed by atoms with Gasteiger partial charge in [0.05, 0.1) is 22.9 Å². The molecule has 3 amide bonds. The van der Waals surface area contributed by atoms with E-state index < -0.39 is 17.3 Å². The van der Waals surface area contributed by atoms with E-state index in [0.29, 0.717) is 17.8 Å². The van der Waals surface area contributed by atoms with Gasteiger partial charge in [-0.1, -0.05) is 48.6 Å². The molecular formula is C23H20N2O3. The molecule has 1 aliphatic heterocycles. The predicted molar refractivity (Wildman–Crippen MR) is 105 cm³/mol. The van der Waals surface area contributed by atoms with Gasteiger partial charge in [-0.3, -0.25) is 14.4 Å². The number of hydrogen-bond donors (Lipinski definition) is 1. The van der Waals surface area contributed by atoms with Crippen molar-refractivity contribution < 1.29 is 14.4 Å². The minimum Gasteiger partial charge on any atom is -0.325 e. The molecule has 6 rings (SSSR count). The lowest BCUT2D eigenvalue weighted by molar-refractivity contribution is -0.140. The summed E-state index contributed by atoms with van der Waals surface area (Å²) in [5.74, 6) is -1.76. The molecule has 5 heteroatoms. The molecular weight excluding hydrogens is 352 g/mol. The SMILES string of the molecule is O=C1[C@@H]2[C@H]3C=C[C@@](C(=O)Nc4ccccc4)(CC3)[C@H]2C(=O)N1c1ccccc1. The number of fused-ring (bicyclic) bond motifs is 1.